The molecule has 4 rings (SSSR count). The Kier molecular flexibility index (Phi) is 4.21. The van der Waals surface area contributed by atoms with Crippen molar-refractivity contribution in [3.8, 4) is 5.75 Å². The molecule has 0 spiro atoms. The Morgan fingerprint density at radius 2 is 2.08 bits per heavy atom. The first-order valence-electron chi connectivity index (χ1n) is 8.43. The molecule has 2 aliphatic rings. The fraction of sp³-hybridized carbons (Fsp3) is 0.389. The highest BCUT2D eigenvalue weighted by molar-refractivity contribution is 6.36. The molecule has 0 N–H and O–H groups in total. The van der Waals surface area contributed by atoms with Gasteiger partial charge in [0.2, 0.25) is 5.91 Å². The minimum absolute atomic E-state index is 0.00383. The Bertz CT molecular complexity index is 849. The van der Waals surface area contributed by atoms with Gasteiger partial charge in [-0.25, -0.2) is 0 Å². The number of aromatic nitrogens is 1. The molecule has 2 amide bonds. The average Bonchev–Trinajstić information content (AvgIpc) is 2.65. The molecule has 0 unspecified atom stereocenters. The zero-order valence-electron chi connectivity index (χ0n) is 13.7. The van der Waals surface area contributed by atoms with Gasteiger partial charge in [0.15, 0.2) is 12.4 Å². The third-order valence-electron chi connectivity index (χ3n) is 4.71. The molecule has 3 heterocycles. The van der Waals surface area contributed by atoms with Crippen LogP contribution in [0.4, 0.5) is 5.69 Å². The van der Waals surface area contributed by atoms with Crippen LogP contribution in [0.3, 0.4) is 0 Å². The Labute approximate surface area is 150 Å². The number of carbonyl (C=O) groups excluding carboxylic acids is 2. The van der Waals surface area contributed by atoms with Gasteiger partial charge in [0, 0.05) is 24.7 Å². The maximum absolute atomic E-state index is 12.6. The van der Waals surface area contributed by atoms with Gasteiger partial charge in [-0.1, -0.05) is 11.6 Å². The second kappa shape index (κ2) is 6.52. The van der Waals surface area contributed by atoms with Crippen LogP contribution in [0.2, 0.25) is 5.02 Å². The summed E-state index contributed by atoms with van der Waals surface area (Å²) in [5.41, 5.74) is 1.12. The second-order valence-electron chi connectivity index (χ2n) is 6.32. The third-order valence-corrected chi connectivity index (χ3v) is 5.02. The molecule has 0 atom stereocenters. The van der Waals surface area contributed by atoms with E-state index in [0.717, 1.165) is 37.7 Å². The molecule has 2 aliphatic heterocycles. The number of ether oxygens (including phenoxy) is 1. The molecule has 7 heteroatoms. The Morgan fingerprint density at radius 3 is 2.88 bits per heavy atom. The summed E-state index contributed by atoms with van der Waals surface area (Å²) in [6, 6.07) is 5.33. The van der Waals surface area contributed by atoms with Crippen molar-refractivity contribution in [2.45, 2.75) is 19.3 Å². The van der Waals surface area contributed by atoms with E-state index in [1.165, 1.54) is 4.90 Å². The number of rotatable bonds is 2. The molecule has 1 fully saturated rings. The number of nitrogens with zero attached hydrogens (tertiary/aromatic N) is 3. The Balaban J connectivity index is 1.70. The fourth-order valence-electron chi connectivity index (χ4n) is 3.40. The summed E-state index contributed by atoms with van der Waals surface area (Å²) in [4.78, 5) is 32.6. The van der Waals surface area contributed by atoms with Gasteiger partial charge in [-0.15, -0.1) is 0 Å². The monoisotopic (exact) mass is 359 g/mol. The first-order valence-corrected chi connectivity index (χ1v) is 8.81. The van der Waals surface area contributed by atoms with E-state index in [4.69, 9.17) is 16.3 Å². The van der Waals surface area contributed by atoms with Crippen LogP contribution in [-0.2, 0) is 9.59 Å². The summed E-state index contributed by atoms with van der Waals surface area (Å²) in [7, 11) is 0. The van der Waals surface area contributed by atoms with E-state index in [0.29, 0.717) is 22.0 Å². The zero-order valence-corrected chi connectivity index (χ0v) is 14.5. The van der Waals surface area contributed by atoms with Gasteiger partial charge < -0.3 is 9.64 Å². The van der Waals surface area contributed by atoms with E-state index >= 15 is 0 Å². The van der Waals surface area contributed by atoms with Crippen LogP contribution in [0.15, 0.2) is 24.4 Å². The molecule has 0 radical (unpaired) electrons. The van der Waals surface area contributed by atoms with E-state index < -0.39 is 0 Å². The first-order chi connectivity index (χ1) is 12.1. The molecule has 6 nitrogen and oxygen atoms in total. The fourth-order valence-corrected chi connectivity index (χ4v) is 3.66. The van der Waals surface area contributed by atoms with E-state index in [9.17, 15) is 9.59 Å². The summed E-state index contributed by atoms with van der Waals surface area (Å²) in [5.74, 6) is 0.216. The molecule has 0 aliphatic carbocycles. The highest BCUT2D eigenvalue weighted by Gasteiger charge is 2.31. The van der Waals surface area contributed by atoms with Crippen molar-refractivity contribution in [3.63, 3.8) is 0 Å². The van der Waals surface area contributed by atoms with Gasteiger partial charge >= 0.3 is 0 Å². The zero-order chi connectivity index (χ0) is 17.4. The lowest BCUT2D eigenvalue weighted by Gasteiger charge is -2.33. The van der Waals surface area contributed by atoms with Crippen molar-refractivity contribution >= 4 is 40.0 Å². The number of fused-ring (bicyclic) bond motifs is 3. The maximum Gasteiger partial charge on any atom is 0.265 e. The summed E-state index contributed by atoms with van der Waals surface area (Å²) >= 11 is 6.36. The number of pyridine rings is 1. The molecule has 0 bridgehead atoms. The number of benzene rings is 1. The van der Waals surface area contributed by atoms with Gasteiger partial charge in [0.05, 0.1) is 10.7 Å². The van der Waals surface area contributed by atoms with Crippen molar-refractivity contribution in [2.24, 2.45) is 0 Å². The number of anilines is 1. The first kappa shape index (κ1) is 16.1. The van der Waals surface area contributed by atoms with E-state index in [1.807, 2.05) is 11.0 Å². The summed E-state index contributed by atoms with van der Waals surface area (Å²) in [5, 5.41) is 1.25. The largest absolute Gasteiger partial charge is 0.479 e. The van der Waals surface area contributed by atoms with Gasteiger partial charge in [-0.05, 0) is 37.5 Å². The lowest BCUT2D eigenvalue weighted by Crippen LogP contribution is -2.47. The summed E-state index contributed by atoms with van der Waals surface area (Å²) < 4.78 is 5.62. The summed E-state index contributed by atoms with van der Waals surface area (Å²) in [6.07, 6.45) is 4.83. The summed E-state index contributed by atoms with van der Waals surface area (Å²) in [6.45, 7) is 1.41. The maximum atomic E-state index is 12.6. The standard InChI is InChI=1S/C18H18ClN3O3/c19-13-9-14-18(17-12(13)5-4-6-20-17)25-11-16(24)22(14)10-15(23)21-7-2-1-3-8-21/h4-6,9H,1-3,7-8,10-11H2. The molecule has 2 aromatic rings. The molecular formula is C18H18ClN3O3. The lowest BCUT2D eigenvalue weighted by atomic mass is 10.1. The molecule has 130 valence electrons. The number of likely N-dealkylation sites (tertiary alicyclic amines) is 1. The second-order valence-corrected chi connectivity index (χ2v) is 6.72. The minimum atomic E-state index is -0.246. The predicted octanol–water partition coefficient (Wildman–Crippen LogP) is 2.63. The molecule has 1 saturated heterocycles. The van der Waals surface area contributed by atoms with Crippen LogP contribution in [0.1, 0.15) is 19.3 Å². The smallest absolute Gasteiger partial charge is 0.265 e. The van der Waals surface area contributed by atoms with Crippen molar-refractivity contribution in [2.75, 3.05) is 31.1 Å². The quantitative estimate of drug-likeness (QED) is 0.827. The lowest BCUT2D eigenvalue weighted by molar-refractivity contribution is -0.132. The molecule has 1 aromatic carbocycles. The molecule has 1 aromatic heterocycles. The number of amides is 2. The van der Waals surface area contributed by atoms with E-state index in [2.05, 4.69) is 4.98 Å². The number of hydrogen-bond donors (Lipinski definition) is 0. The van der Waals surface area contributed by atoms with Crippen molar-refractivity contribution in [1.29, 1.82) is 0 Å². The number of carbonyl (C=O) groups is 2. The van der Waals surface area contributed by atoms with Crippen LogP contribution < -0.4 is 9.64 Å². The average molecular weight is 360 g/mol. The van der Waals surface area contributed by atoms with Gasteiger partial charge in [0.1, 0.15) is 12.1 Å². The van der Waals surface area contributed by atoms with Crippen molar-refractivity contribution < 1.29 is 14.3 Å². The van der Waals surface area contributed by atoms with Crippen LogP contribution in [0.5, 0.6) is 5.75 Å². The van der Waals surface area contributed by atoms with Gasteiger partial charge in [-0.2, -0.15) is 0 Å². The Hall–Kier alpha value is -2.34. The minimum Gasteiger partial charge on any atom is -0.479 e. The number of piperidine rings is 1. The van der Waals surface area contributed by atoms with E-state index in [1.54, 1.807) is 18.3 Å². The SMILES string of the molecule is O=C(CN1C(=O)COc2c1cc(Cl)c1cccnc21)N1CCCCC1. The highest BCUT2D eigenvalue weighted by atomic mass is 35.5. The van der Waals surface area contributed by atoms with Crippen molar-refractivity contribution in [3.05, 3.63) is 29.4 Å². The Morgan fingerprint density at radius 1 is 1.28 bits per heavy atom. The number of hydrogen-bond acceptors (Lipinski definition) is 4. The van der Waals surface area contributed by atoms with E-state index in [-0.39, 0.29) is 25.0 Å². The molecule has 25 heavy (non-hydrogen) atoms. The topological polar surface area (TPSA) is 62.7 Å². The predicted molar refractivity (Wildman–Crippen MR) is 95.0 cm³/mol. The van der Waals surface area contributed by atoms with Gasteiger partial charge in [0.25, 0.3) is 5.91 Å². The molecular weight excluding hydrogens is 342 g/mol. The van der Waals surface area contributed by atoms with Crippen LogP contribution in [0, 0.1) is 0 Å². The van der Waals surface area contributed by atoms with Crippen LogP contribution in [-0.4, -0.2) is 47.9 Å². The third kappa shape index (κ3) is 2.91. The van der Waals surface area contributed by atoms with Crippen LogP contribution >= 0.6 is 11.6 Å². The normalized spacial score (nSPS) is 17.4. The highest BCUT2D eigenvalue weighted by Crippen LogP contribution is 2.41. The van der Waals surface area contributed by atoms with Gasteiger partial charge in [-0.3, -0.25) is 19.5 Å². The molecule has 0 saturated carbocycles. The number of halogens is 1. The van der Waals surface area contributed by atoms with Crippen molar-refractivity contribution in [1.82, 2.24) is 9.88 Å². The van der Waals surface area contributed by atoms with Crippen LogP contribution in [0.25, 0.3) is 10.9 Å².